The van der Waals surface area contributed by atoms with Gasteiger partial charge in [-0.3, -0.25) is 0 Å². The van der Waals surface area contributed by atoms with E-state index in [-0.39, 0.29) is 11.5 Å². The third-order valence-corrected chi connectivity index (χ3v) is 9.54. The fourth-order valence-corrected chi connectivity index (χ4v) is 6.85. The van der Waals surface area contributed by atoms with Gasteiger partial charge in [0.15, 0.2) is 30.2 Å². The molecule has 16 atom stereocenters. The molecule has 3 saturated heterocycles. The summed E-state index contributed by atoms with van der Waals surface area (Å²) < 4.78 is 45.4. The molecule has 4 aliphatic heterocycles. The van der Waals surface area contributed by atoms with Crippen molar-refractivity contribution in [2.24, 2.45) is 11.8 Å². The van der Waals surface area contributed by atoms with Crippen molar-refractivity contribution in [3.05, 3.63) is 42.2 Å². The molecule has 0 bridgehead atoms. The van der Waals surface area contributed by atoms with Gasteiger partial charge in [0.25, 0.3) is 0 Å². The van der Waals surface area contributed by atoms with Gasteiger partial charge in [0.2, 0.25) is 6.29 Å². The Morgan fingerprint density at radius 1 is 0.938 bits per heavy atom. The Kier molecular flexibility index (Phi) is 10.0. The predicted molar refractivity (Wildman–Crippen MR) is 155 cm³/mol. The van der Waals surface area contributed by atoms with Crippen LogP contribution in [0.3, 0.4) is 0 Å². The maximum atomic E-state index is 12.7. The molecule has 5 aliphatic rings. The molecule has 4 heterocycles. The lowest BCUT2D eigenvalue weighted by Gasteiger charge is -2.44. The van der Waals surface area contributed by atoms with Gasteiger partial charge >= 0.3 is 5.97 Å². The first-order valence-electron chi connectivity index (χ1n) is 15.4. The van der Waals surface area contributed by atoms with Crippen LogP contribution < -0.4 is 4.74 Å². The molecule has 17 heteroatoms. The highest BCUT2D eigenvalue weighted by Crippen LogP contribution is 2.61. The standard InChI is InChI=1S/C31H40O17/c1-12-20(36)26(45-18(35)6-4-13-3-5-15(34)16(9-13)41-2)24(40)30(43-12)46-25-14-7-8-42-28(19(14)31(11-33)27(25)48-31)47-29-23(39)22(38)21(37)17(10-32)44-29/h3-9,12,14,17,19-30,32-34,36-40H,10-11H2,1-2H3/b6-4+/t12-,14+,17+,19+,20-,21+,22-,23+,24+,25-,26+,27-,28-,29-,30-,31+/m0/s1. The number of phenols is 1. The molecule has 0 spiro atoms. The number of aliphatic hydroxyl groups excluding tert-OH is 7. The second kappa shape index (κ2) is 13.8. The van der Waals surface area contributed by atoms with Crippen LogP contribution in [0.1, 0.15) is 12.5 Å². The second-order valence-electron chi connectivity index (χ2n) is 12.4. The number of carbonyl (C=O) groups excluding carboxylic acids is 1. The van der Waals surface area contributed by atoms with Crippen LogP contribution in [0.5, 0.6) is 11.5 Å². The highest BCUT2D eigenvalue weighted by atomic mass is 16.8. The van der Waals surface area contributed by atoms with Gasteiger partial charge in [0, 0.05) is 12.0 Å². The topological polar surface area (TPSA) is 256 Å². The van der Waals surface area contributed by atoms with E-state index in [1.165, 1.54) is 44.6 Å². The number of ether oxygens (including phenoxy) is 8. The summed E-state index contributed by atoms with van der Waals surface area (Å²) in [4.78, 5) is 12.7. The van der Waals surface area contributed by atoms with E-state index in [1.54, 1.807) is 6.08 Å². The Balaban J connectivity index is 1.14. The van der Waals surface area contributed by atoms with Gasteiger partial charge in [0.1, 0.15) is 48.3 Å². The Morgan fingerprint density at radius 3 is 2.40 bits per heavy atom. The number of esters is 1. The fourth-order valence-electron chi connectivity index (χ4n) is 6.85. The van der Waals surface area contributed by atoms with Gasteiger partial charge in [-0.1, -0.05) is 6.07 Å². The van der Waals surface area contributed by atoms with E-state index in [0.29, 0.717) is 5.56 Å². The summed E-state index contributed by atoms with van der Waals surface area (Å²) in [5, 5.41) is 82.5. The molecule has 0 unspecified atom stereocenters. The number of methoxy groups -OCH3 is 1. The highest BCUT2D eigenvalue weighted by Gasteiger charge is 2.77. The van der Waals surface area contributed by atoms with Gasteiger partial charge in [-0.2, -0.15) is 0 Å². The number of aromatic hydroxyl groups is 1. The van der Waals surface area contributed by atoms with E-state index < -0.39 is 117 Å². The summed E-state index contributed by atoms with van der Waals surface area (Å²) >= 11 is 0. The minimum atomic E-state index is -1.71. The molecule has 6 rings (SSSR count). The zero-order valence-corrected chi connectivity index (χ0v) is 25.9. The summed E-state index contributed by atoms with van der Waals surface area (Å²) in [5.41, 5.74) is -0.729. The van der Waals surface area contributed by atoms with Gasteiger partial charge < -0.3 is 78.7 Å². The Hall–Kier alpha value is -2.91. The van der Waals surface area contributed by atoms with Crippen LogP contribution in [0, 0.1) is 11.8 Å². The number of benzene rings is 1. The quantitative estimate of drug-likeness (QED) is 0.0705. The molecule has 48 heavy (non-hydrogen) atoms. The van der Waals surface area contributed by atoms with Crippen molar-refractivity contribution in [2.45, 2.75) is 92.4 Å². The van der Waals surface area contributed by atoms with E-state index in [0.717, 1.165) is 6.08 Å². The summed E-state index contributed by atoms with van der Waals surface area (Å²) in [7, 11) is 1.38. The summed E-state index contributed by atoms with van der Waals surface area (Å²) in [6.07, 6.45) is -12.1. The van der Waals surface area contributed by atoms with Crippen molar-refractivity contribution in [2.75, 3.05) is 20.3 Å². The summed E-state index contributed by atoms with van der Waals surface area (Å²) in [5.74, 6) is -2.12. The number of hydrogen-bond donors (Lipinski definition) is 8. The molecule has 8 N–H and O–H groups in total. The average Bonchev–Trinajstić information content (AvgIpc) is 3.76. The largest absolute Gasteiger partial charge is 0.504 e. The van der Waals surface area contributed by atoms with Crippen LogP contribution in [-0.2, 0) is 38.0 Å². The third kappa shape index (κ3) is 6.19. The van der Waals surface area contributed by atoms with Crippen molar-refractivity contribution < 1.29 is 83.5 Å². The number of carbonyl (C=O) groups is 1. The van der Waals surface area contributed by atoms with Crippen molar-refractivity contribution in [1.82, 2.24) is 0 Å². The monoisotopic (exact) mass is 684 g/mol. The number of fused-ring (bicyclic) bond motifs is 3. The third-order valence-electron chi connectivity index (χ3n) is 9.54. The SMILES string of the molecule is COc1cc(/C=C/C(=O)O[C@@H]2[C@@H](O)[C@H](C)O[C@@H](O[C@H]3[C@@H]4C=CO[C@@H](O[C@@H]5O[C@H](CO)[C@@H](O)[C@H](O)[C@H]5O)[C@@H]4[C@@]4(CO)O[C@@H]34)[C@@H]2O)ccc1O. The predicted octanol–water partition coefficient (Wildman–Crippen LogP) is -2.76. The number of epoxide rings is 1. The number of phenolic OH excluding ortho intramolecular Hbond substituents is 1. The molecule has 1 aromatic rings. The van der Waals surface area contributed by atoms with Crippen molar-refractivity contribution in [3.8, 4) is 11.5 Å². The van der Waals surface area contributed by atoms with E-state index >= 15 is 0 Å². The Labute approximate surface area is 274 Å². The minimum absolute atomic E-state index is 0.0831. The lowest BCUT2D eigenvalue weighted by molar-refractivity contribution is -0.347. The number of rotatable bonds is 10. The molecule has 0 radical (unpaired) electrons. The number of hydrogen-bond acceptors (Lipinski definition) is 17. The van der Waals surface area contributed by atoms with E-state index in [1.807, 2.05) is 0 Å². The van der Waals surface area contributed by atoms with E-state index in [2.05, 4.69) is 0 Å². The highest BCUT2D eigenvalue weighted by molar-refractivity contribution is 5.87. The minimum Gasteiger partial charge on any atom is -0.504 e. The molecule has 1 aromatic carbocycles. The fraction of sp³-hybridized carbons (Fsp3) is 0.645. The summed E-state index contributed by atoms with van der Waals surface area (Å²) in [6.45, 7) is 0.349. The van der Waals surface area contributed by atoms with E-state index in [4.69, 9.17) is 37.9 Å². The molecule has 0 amide bonds. The lowest BCUT2D eigenvalue weighted by atomic mass is 9.85. The number of aliphatic hydroxyl groups is 7. The maximum Gasteiger partial charge on any atom is 0.331 e. The molecule has 1 aliphatic carbocycles. The molecule has 1 saturated carbocycles. The summed E-state index contributed by atoms with van der Waals surface area (Å²) in [6, 6.07) is 4.42. The molecular formula is C31H40O17. The maximum absolute atomic E-state index is 12.7. The average molecular weight is 685 g/mol. The zero-order chi connectivity index (χ0) is 34.5. The van der Waals surface area contributed by atoms with Gasteiger partial charge in [0.05, 0.1) is 44.7 Å². The van der Waals surface area contributed by atoms with Crippen LogP contribution in [0.15, 0.2) is 36.6 Å². The lowest BCUT2D eigenvalue weighted by Crippen LogP contribution is -2.60. The Morgan fingerprint density at radius 2 is 1.69 bits per heavy atom. The zero-order valence-electron chi connectivity index (χ0n) is 25.9. The van der Waals surface area contributed by atoms with Crippen molar-refractivity contribution in [3.63, 3.8) is 0 Å². The first kappa shape index (κ1) is 34.9. The molecule has 266 valence electrons. The van der Waals surface area contributed by atoms with Crippen molar-refractivity contribution in [1.29, 1.82) is 0 Å². The van der Waals surface area contributed by atoms with Crippen LogP contribution in [0.4, 0.5) is 0 Å². The van der Waals surface area contributed by atoms with Crippen LogP contribution in [-0.4, -0.2) is 153 Å². The van der Waals surface area contributed by atoms with Gasteiger partial charge in [-0.15, -0.1) is 0 Å². The Bertz CT molecular complexity index is 1370. The van der Waals surface area contributed by atoms with Gasteiger partial charge in [-0.05, 0) is 36.8 Å². The smallest absolute Gasteiger partial charge is 0.331 e. The first-order chi connectivity index (χ1) is 22.9. The molecule has 4 fully saturated rings. The van der Waals surface area contributed by atoms with Crippen LogP contribution in [0.2, 0.25) is 0 Å². The molecule has 17 nitrogen and oxygen atoms in total. The van der Waals surface area contributed by atoms with Crippen LogP contribution in [0.25, 0.3) is 6.08 Å². The molecular weight excluding hydrogens is 644 g/mol. The van der Waals surface area contributed by atoms with Crippen molar-refractivity contribution >= 4 is 12.0 Å². The van der Waals surface area contributed by atoms with Crippen LogP contribution >= 0.6 is 0 Å². The first-order valence-corrected chi connectivity index (χ1v) is 15.4. The molecule has 0 aromatic heterocycles. The normalized spacial score (nSPS) is 44.9. The van der Waals surface area contributed by atoms with Gasteiger partial charge in [-0.25, -0.2) is 4.79 Å². The van der Waals surface area contributed by atoms with E-state index in [9.17, 15) is 45.6 Å². The second-order valence-corrected chi connectivity index (χ2v) is 12.4.